The Morgan fingerprint density at radius 2 is 2.00 bits per heavy atom. The maximum atomic E-state index is 6.27. The number of hydrogen-bond acceptors (Lipinski definition) is 3. The van der Waals surface area contributed by atoms with Crippen LogP contribution in [0.25, 0.3) is 0 Å². The summed E-state index contributed by atoms with van der Waals surface area (Å²) in [6.07, 6.45) is 3.85. The van der Waals surface area contributed by atoms with Gasteiger partial charge in [-0.2, -0.15) is 5.10 Å². The van der Waals surface area contributed by atoms with Crippen LogP contribution in [0.4, 0.5) is 0 Å². The van der Waals surface area contributed by atoms with E-state index in [2.05, 4.69) is 5.10 Å². The third-order valence-corrected chi connectivity index (χ3v) is 2.70. The van der Waals surface area contributed by atoms with E-state index in [0.29, 0.717) is 0 Å². The fraction of sp³-hybridized carbons (Fsp3) is 0.357. The van der Waals surface area contributed by atoms with Crippen molar-refractivity contribution < 1.29 is 4.74 Å². The van der Waals surface area contributed by atoms with Gasteiger partial charge in [0.05, 0.1) is 18.3 Å². The number of benzene rings is 1. The number of nitrogens with two attached hydrogens (primary N) is 1. The van der Waals surface area contributed by atoms with Crippen LogP contribution < -0.4 is 10.5 Å². The van der Waals surface area contributed by atoms with Crippen LogP contribution in [0.3, 0.4) is 0 Å². The van der Waals surface area contributed by atoms with Crippen molar-refractivity contribution in [2.75, 3.05) is 0 Å². The van der Waals surface area contributed by atoms with E-state index in [1.54, 1.807) is 10.9 Å². The van der Waals surface area contributed by atoms with E-state index < -0.39 is 0 Å². The van der Waals surface area contributed by atoms with Gasteiger partial charge in [-0.1, -0.05) is 18.2 Å². The first-order valence-corrected chi connectivity index (χ1v) is 6.07. The molecule has 18 heavy (non-hydrogen) atoms. The van der Waals surface area contributed by atoms with Crippen LogP contribution in [0.15, 0.2) is 36.7 Å². The second-order valence-corrected chi connectivity index (χ2v) is 4.63. The van der Waals surface area contributed by atoms with Gasteiger partial charge < -0.3 is 10.5 Å². The fourth-order valence-corrected chi connectivity index (χ4v) is 1.88. The van der Waals surface area contributed by atoms with Crippen LogP contribution >= 0.6 is 0 Å². The number of aromatic nitrogens is 2. The molecule has 96 valence electrons. The van der Waals surface area contributed by atoms with Crippen molar-refractivity contribution in [3.8, 4) is 5.75 Å². The first-order chi connectivity index (χ1) is 8.58. The van der Waals surface area contributed by atoms with Gasteiger partial charge in [0, 0.05) is 24.4 Å². The standard InChI is InChI=1S/C14H19N3O/c1-10(2)18-13-7-5-4-6-12(13)14(15)11-8-16-17(3)9-11/h4-10,14H,15H2,1-3H3. The molecule has 0 saturated heterocycles. The number of rotatable bonds is 4. The summed E-state index contributed by atoms with van der Waals surface area (Å²) in [7, 11) is 1.88. The predicted molar refractivity (Wildman–Crippen MR) is 71.4 cm³/mol. The second-order valence-electron chi connectivity index (χ2n) is 4.63. The summed E-state index contributed by atoms with van der Waals surface area (Å²) in [6.45, 7) is 4.01. The maximum Gasteiger partial charge on any atom is 0.124 e. The van der Waals surface area contributed by atoms with Crippen molar-refractivity contribution in [1.29, 1.82) is 0 Å². The van der Waals surface area contributed by atoms with Gasteiger partial charge in [0.25, 0.3) is 0 Å². The van der Waals surface area contributed by atoms with Crippen LogP contribution in [0, 0.1) is 0 Å². The van der Waals surface area contributed by atoms with Crippen molar-refractivity contribution >= 4 is 0 Å². The van der Waals surface area contributed by atoms with Gasteiger partial charge in [-0.3, -0.25) is 4.68 Å². The zero-order chi connectivity index (χ0) is 13.1. The molecule has 0 aliphatic heterocycles. The molecular formula is C14H19N3O. The van der Waals surface area contributed by atoms with Gasteiger partial charge in [-0.05, 0) is 19.9 Å². The molecule has 0 fully saturated rings. The second kappa shape index (κ2) is 5.23. The van der Waals surface area contributed by atoms with Gasteiger partial charge in [-0.25, -0.2) is 0 Å². The minimum absolute atomic E-state index is 0.132. The van der Waals surface area contributed by atoms with Crippen LogP contribution in [0.5, 0.6) is 5.75 Å². The Labute approximate surface area is 107 Å². The lowest BCUT2D eigenvalue weighted by molar-refractivity contribution is 0.239. The molecule has 0 aliphatic rings. The van der Waals surface area contributed by atoms with Crippen molar-refractivity contribution in [3.63, 3.8) is 0 Å². The minimum Gasteiger partial charge on any atom is -0.491 e. The van der Waals surface area contributed by atoms with E-state index in [1.807, 2.05) is 51.4 Å². The topological polar surface area (TPSA) is 53.1 Å². The Balaban J connectivity index is 2.32. The van der Waals surface area contributed by atoms with E-state index in [9.17, 15) is 0 Å². The van der Waals surface area contributed by atoms with Gasteiger partial charge in [0.15, 0.2) is 0 Å². The van der Waals surface area contributed by atoms with Crippen LogP contribution in [0.1, 0.15) is 31.0 Å². The molecule has 0 aliphatic carbocycles. The predicted octanol–water partition coefficient (Wildman–Crippen LogP) is 2.26. The van der Waals surface area contributed by atoms with E-state index in [-0.39, 0.29) is 12.1 Å². The summed E-state index contributed by atoms with van der Waals surface area (Å²) in [4.78, 5) is 0. The van der Waals surface area contributed by atoms with E-state index in [0.717, 1.165) is 16.9 Å². The summed E-state index contributed by atoms with van der Waals surface area (Å²) in [6, 6.07) is 7.66. The molecule has 0 spiro atoms. The number of aryl methyl sites for hydroxylation is 1. The fourth-order valence-electron chi connectivity index (χ4n) is 1.88. The zero-order valence-electron chi connectivity index (χ0n) is 11.0. The van der Waals surface area contributed by atoms with Crippen molar-refractivity contribution in [2.24, 2.45) is 12.8 Å². The Bertz CT molecular complexity index is 519. The summed E-state index contributed by atoms with van der Waals surface area (Å²) < 4.78 is 7.54. The Hall–Kier alpha value is -1.81. The van der Waals surface area contributed by atoms with Gasteiger partial charge in [0.2, 0.25) is 0 Å². The summed E-state index contributed by atoms with van der Waals surface area (Å²) in [5, 5.41) is 4.15. The highest BCUT2D eigenvalue weighted by Crippen LogP contribution is 2.28. The highest BCUT2D eigenvalue weighted by atomic mass is 16.5. The average molecular weight is 245 g/mol. The van der Waals surface area contributed by atoms with Crippen LogP contribution in [-0.4, -0.2) is 15.9 Å². The molecule has 4 nitrogen and oxygen atoms in total. The quantitative estimate of drug-likeness (QED) is 0.899. The highest BCUT2D eigenvalue weighted by molar-refractivity contribution is 5.40. The van der Waals surface area contributed by atoms with E-state index in [4.69, 9.17) is 10.5 Å². The Morgan fingerprint density at radius 1 is 1.28 bits per heavy atom. The first kappa shape index (κ1) is 12.6. The summed E-state index contributed by atoms with van der Waals surface area (Å²) in [5.74, 6) is 0.837. The van der Waals surface area contributed by atoms with E-state index >= 15 is 0 Å². The molecular weight excluding hydrogens is 226 g/mol. The average Bonchev–Trinajstić information content (AvgIpc) is 2.75. The smallest absolute Gasteiger partial charge is 0.124 e. The van der Waals surface area contributed by atoms with Gasteiger partial charge in [-0.15, -0.1) is 0 Å². The van der Waals surface area contributed by atoms with E-state index in [1.165, 1.54) is 0 Å². The third kappa shape index (κ3) is 2.71. The molecule has 1 unspecified atom stereocenters. The zero-order valence-corrected chi connectivity index (χ0v) is 11.0. The molecule has 0 radical (unpaired) electrons. The van der Waals surface area contributed by atoms with Gasteiger partial charge >= 0.3 is 0 Å². The van der Waals surface area contributed by atoms with Crippen LogP contribution in [-0.2, 0) is 7.05 Å². The Morgan fingerprint density at radius 3 is 2.61 bits per heavy atom. The molecule has 1 heterocycles. The molecule has 0 saturated carbocycles. The summed E-state index contributed by atoms with van der Waals surface area (Å²) >= 11 is 0. The maximum absolute atomic E-state index is 6.27. The molecule has 2 N–H and O–H groups in total. The lowest BCUT2D eigenvalue weighted by Gasteiger charge is -2.17. The van der Waals surface area contributed by atoms with Gasteiger partial charge in [0.1, 0.15) is 5.75 Å². The number of hydrogen-bond donors (Lipinski definition) is 1. The third-order valence-electron chi connectivity index (χ3n) is 2.70. The number of ether oxygens (including phenoxy) is 1. The minimum atomic E-state index is -0.214. The SMILES string of the molecule is CC(C)Oc1ccccc1C(N)c1cnn(C)c1. The Kier molecular flexibility index (Phi) is 3.67. The molecule has 1 aromatic heterocycles. The lowest BCUT2D eigenvalue weighted by atomic mass is 10.0. The molecule has 0 bridgehead atoms. The molecule has 1 aromatic carbocycles. The molecule has 2 rings (SSSR count). The molecule has 2 aromatic rings. The largest absolute Gasteiger partial charge is 0.491 e. The highest BCUT2D eigenvalue weighted by Gasteiger charge is 2.15. The normalized spacial score (nSPS) is 12.7. The van der Waals surface area contributed by atoms with Crippen molar-refractivity contribution in [1.82, 2.24) is 9.78 Å². The van der Waals surface area contributed by atoms with Crippen LogP contribution in [0.2, 0.25) is 0 Å². The summed E-state index contributed by atoms with van der Waals surface area (Å²) in [5.41, 5.74) is 8.24. The monoisotopic (exact) mass is 245 g/mol. The molecule has 4 heteroatoms. The molecule has 1 atom stereocenters. The number of nitrogens with zero attached hydrogens (tertiary/aromatic N) is 2. The lowest BCUT2D eigenvalue weighted by Crippen LogP contribution is -2.15. The first-order valence-electron chi connectivity index (χ1n) is 6.07. The molecule has 0 amide bonds. The van der Waals surface area contributed by atoms with Crippen molar-refractivity contribution in [2.45, 2.75) is 26.0 Å². The number of para-hydroxylation sites is 1. The van der Waals surface area contributed by atoms with Crippen molar-refractivity contribution in [3.05, 3.63) is 47.8 Å².